The number of anilines is 1. The predicted octanol–water partition coefficient (Wildman–Crippen LogP) is 5.85. The van der Waals surface area contributed by atoms with Gasteiger partial charge in [0.1, 0.15) is 0 Å². The van der Waals surface area contributed by atoms with Crippen molar-refractivity contribution in [3.05, 3.63) is 56.7 Å². The lowest BCUT2D eigenvalue weighted by atomic mass is 10.1. The predicted molar refractivity (Wildman–Crippen MR) is 119 cm³/mol. The molecule has 146 valence electrons. The number of amides is 1. The summed E-state index contributed by atoms with van der Waals surface area (Å²) in [5, 5.41) is 14.9. The molecule has 0 saturated carbocycles. The van der Waals surface area contributed by atoms with Crippen molar-refractivity contribution >= 4 is 57.9 Å². The van der Waals surface area contributed by atoms with Gasteiger partial charge < -0.3 is 5.32 Å². The number of hydrogen-bond acceptors (Lipinski definition) is 5. The Labute approximate surface area is 181 Å². The maximum atomic E-state index is 12.4. The third-order valence-electron chi connectivity index (χ3n) is 4.11. The zero-order valence-corrected chi connectivity index (χ0v) is 18.5. The summed E-state index contributed by atoms with van der Waals surface area (Å²) in [6.07, 6.45) is 1.79. The smallest absolute Gasteiger partial charge is 0.234 e. The molecule has 0 bridgehead atoms. The molecule has 0 aliphatic rings. The number of nitrogens with one attached hydrogen (secondary N) is 1. The van der Waals surface area contributed by atoms with Gasteiger partial charge in [-0.05, 0) is 31.5 Å². The maximum Gasteiger partial charge on any atom is 0.234 e. The van der Waals surface area contributed by atoms with Crippen LogP contribution in [0.3, 0.4) is 0 Å². The van der Waals surface area contributed by atoms with Crippen LogP contribution in [0.1, 0.15) is 10.4 Å². The fraction of sp³-hybridized carbons (Fsp3) is 0.211. The van der Waals surface area contributed by atoms with Gasteiger partial charge in [-0.15, -0.1) is 28.1 Å². The van der Waals surface area contributed by atoms with Crippen molar-refractivity contribution in [2.24, 2.45) is 0 Å². The minimum Gasteiger partial charge on any atom is -0.323 e. The first-order valence-corrected chi connectivity index (χ1v) is 11.0. The van der Waals surface area contributed by atoms with Gasteiger partial charge >= 0.3 is 0 Å². The summed E-state index contributed by atoms with van der Waals surface area (Å²) in [6.45, 7) is 8.52. The van der Waals surface area contributed by atoms with Crippen molar-refractivity contribution in [3.63, 3.8) is 0 Å². The van der Waals surface area contributed by atoms with Gasteiger partial charge in [0.05, 0.1) is 21.5 Å². The standard InChI is InChI=1S/C19H18Cl2N4OS2/c1-4-8-25-18(13-9-27-12(3)11(13)2)23-24-19(25)28-10-16(26)22-17-14(20)6-5-7-15(17)21/h4-7,9H,1,8,10H2,2-3H3,(H,22,26). The zero-order valence-electron chi connectivity index (χ0n) is 15.3. The first kappa shape index (κ1) is 20.9. The Morgan fingerprint density at radius 1 is 1.32 bits per heavy atom. The summed E-state index contributed by atoms with van der Waals surface area (Å²) in [4.78, 5) is 13.6. The quantitative estimate of drug-likeness (QED) is 0.360. The van der Waals surface area contributed by atoms with Crippen molar-refractivity contribution in [1.82, 2.24) is 14.8 Å². The molecule has 1 amide bonds. The Morgan fingerprint density at radius 3 is 2.64 bits per heavy atom. The van der Waals surface area contributed by atoms with Gasteiger partial charge in [0.2, 0.25) is 5.91 Å². The fourth-order valence-electron chi connectivity index (χ4n) is 2.55. The molecule has 3 rings (SSSR count). The number of benzene rings is 1. The molecule has 5 nitrogen and oxygen atoms in total. The number of rotatable bonds is 7. The summed E-state index contributed by atoms with van der Waals surface area (Å²) in [6, 6.07) is 5.07. The van der Waals surface area contributed by atoms with Crippen LogP contribution in [-0.2, 0) is 11.3 Å². The van der Waals surface area contributed by atoms with E-state index < -0.39 is 0 Å². The number of nitrogens with zero attached hydrogens (tertiary/aromatic N) is 3. The molecule has 0 aliphatic carbocycles. The van der Waals surface area contributed by atoms with Crippen LogP contribution in [0.2, 0.25) is 10.0 Å². The number of allylic oxidation sites excluding steroid dienone is 1. The minimum atomic E-state index is -0.225. The third-order valence-corrected chi connectivity index (χ3v) is 6.72. The summed E-state index contributed by atoms with van der Waals surface area (Å²) in [5.41, 5.74) is 2.65. The van der Waals surface area contributed by atoms with Gasteiger partial charge in [-0.3, -0.25) is 9.36 Å². The molecule has 9 heteroatoms. The highest BCUT2D eigenvalue weighted by atomic mass is 35.5. The molecule has 0 atom stereocenters. The molecule has 0 fully saturated rings. The van der Waals surface area contributed by atoms with Crippen molar-refractivity contribution in [3.8, 4) is 11.4 Å². The van der Waals surface area contributed by atoms with Crippen LogP contribution >= 0.6 is 46.3 Å². The highest BCUT2D eigenvalue weighted by molar-refractivity contribution is 7.99. The Hall–Kier alpha value is -1.80. The number of hydrogen-bond donors (Lipinski definition) is 1. The Kier molecular flexibility index (Phi) is 6.82. The molecular formula is C19H18Cl2N4OS2. The topological polar surface area (TPSA) is 59.8 Å². The molecule has 28 heavy (non-hydrogen) atoms. The number of aryl methyl sites for hydroxylation is 1. The van der Waals surface area contributed by atoms with E-state index >= 15 is 0 Å². The van der Waals surface area contributed by atoms with Crippen molar-refractivity contribution < 1.29 is 4.79 Å². The maximum absolute atomic E-state index is 12.4. The van der Waals surface area contributed by atoms with E-state index in [1.807, 2.05) is 4.57 Å². The first-order valence-electron chi connectivity index (χ1n) is 8.38. The lowest BCUT2D eigenvalue weighted by Crippen LogP contribution is -2.15. The molecule has 2 heterocycles. The van der Waals surface area contributed by atoms with Gasteiger partial charge in [-0.25, -0.2) is 0 Å². The van der Waals surface area contributed by atoms with E-state index in [9.17, 15) is 4.79 Å². The molecule has 0 saturated heterocycles. The van der Waals surface area contributed by atoms with Gasteiger partial charge in [0.15, 0.2) is 11.0 Å². The van der Waals surface area contributed by atoms with Crippen LogP contribution in [0.25, 0.3) is 11.4 Å². The second-order valence-electron chi connectivity index (χ2n) is 5.97. The number of aromatic nitrogens is 3. The van der Waals surface area contributed by atoms with Crippen LogP contribution in [0, 0.1) is 13.8 Å². The van der Waals surface area contributed by atoms with Crippen LogP contribution < -0.4 is 5.32 Å². The second-order valence-corrected chi connectivity index (χ2v) is 8.81. The third kappa shape index (κ3) is 4.43. The molecule has 0 radical (unpaired) electrons. The summed E-state index contributed by atoms with van der Waals surface area (Å²) >= 11 is 15.2. The number of para-hydroxylation sites is 1. The fourth-order valence-corrected chi connectivity index (χ4v) is 4.65. The van der Waals surface area contributed by atoms with Crippen LogP contribution in [0.15, 0.2) is 41.4 Å². The summed E-state index contributed by atoms with van der Waals surface area (Å²) in [5.74, 6) is 0.703. The van der Waals surface area contributed by atoms with E-state index in [1.54, 1.807) is 35.6 Å². The zero-order chi connectivity index (χ0) is 20.3. The molecule has 3 aromatic rings. The highest BCUT2D eigenvalue weighted by Gasteiger charge is 2.18. The number of carbonyl (C=O) groups is 1. The molecule has 0 unspecified atom stereocenters. The van der Waals surface area contributed by atoms with Crippen molar-refractivity contribution in [2.45, 2.75) is 25.5 Å². The van der Waals surface area contributed by atoms with Crippen molar-refractivity contribution in [2.75, 3.05) is 11.1 Å². The van der Waals surface area contributed by atoms with E-state index in [-0.39, 0.29) is 11.7 Å². The second kappa shape index (κ2) is 9.13. The molecular weight excluding hydrogens is 435 g/mol. The van der Waals surface area contributed by atoms with E-state index in [4.69, 9.17) is 23.2 Å². The molecule has 0 spiro atoms. The molecule has 1 aromatic carbocycles. The average molecular weight is 453 g/mol. The van der Waals surface area contributed by atoms with Gasteiger partial charge in [-0.1, -0.05) is 47.1 Å². The van der Waals surface area contributed by atoms with Gasteiger partial charge in [-0.2, -0.15) is 0 Å². The van der Waals surface area contributed by atoms with Gasteiger partial charge in [0.25, 0.3) is 0 Å². The highest BCUT2D eigenvalue weighted by Crippen LogP contribution is 2.32. The Morgan fingerprint density at radius 2 is 2.04 bits per heavy atom. The lowest BCUT2D eigenvalue weighted by Gasteiger charge is -2.10. The summed E-state index contributed by atoms with van der Waals surface area (Å²) in [7, 11) is 0. The average Bonchev–Trinajstić information content (AvgIpc) is 3.20. The van der Waals surface area contributed by atoms with E-state index in [0.29, 0.717) is 27.4 Å². The van der Waals surface area contributed by atoms with Crippen LogP contribution in [-0.4, -0.2) is 26.4 Å². The number of thioether (sulfide) groups is 1. The van der Waals surface area contributed by atoms with E-state index in [1.165, 1.54) is 22.2 Å². The molecule has 0 aliphatic heterocycles. The monoisotopic (exact) mass is 452 g/mol. The number of thiophene rings is 1. The molecule has 1 N–H and O–H groups in total. The number of halogens is 2. The van der Waals surface area contributed by atoms with E-state index in [0.717, 1.165) is 11.4 Å². The largest absolute Gasteiger partial charge is 0.323 e. The molecule has 2 aromatic heterocycles. The van der Waals surface area contributed by atoms with Gasteiger partial charge in [0, 0.05) is 22.4 Å². The SMILES string of the molecule is C=CCn1c(SCC(=O)Nc2c(Cl)cccc2Cl)nnc1-c1csc(C)c1C. The lowest BCUT2D eigenvalue weighted by molar-refractivity contribution is -0.113. The summed E-state index contributed by atoms with van der Waals surface area (Å²) < 4.78 is 1.96. The normalized spacial score (nSPS) is 10.9. The Balaban J connectivity index is 1.76. The van der Waals surface area contributed by atoms with Crippen LogP contribution in [0.5, 0.6) is 0 Å². The first-order chi connectivity index (χ1) is 13.4. The van der Waals surface area contributed by atoms with Crippen LogP contribution in [0.4, 0.5) is 5.69 Å². The minimum absolute atomic E-state index is 0.151. The van der Waals surface area contributed by atoms with E-state index in [2.05, 4.69) is 41.3 Å². The number of carbonyl (C=O) groups excluding carboxylic acids is 1. The Bertz CT molecular complexity index is 1010. The van der Waals surface area contributed by atoms with Crippen molar-refractivity contribution in [1.29, 1.82) is 0 Å².